The van der Waals surface area contributed by atoms with Crippen molar-refractivity contribution in [2.75, 3.05) is 0 Å². The van der Waals surface area contributed by atoms with Gasteiger partial charge < -0.3 is 0 Å². The largest absolute Gasteiger partial charge is 0.0736 e. The second-order valence-electron chi connectivity index (χ2n) is 12.4. The lowest BCUT2D eigenvalue weighted by Gasteiger charge is -2.39. The second kappa shape index (κ2) is 6.34. The fourth-order valence-electron chi connectivity index (χ4n) is 8.47. The molecule has 0 aliphatic heterocycles. The van der Waals surface area contributed by atoms with Gasteiger partial charge in [-0.1, -0.05) is 95.0 Å². The predicted molar refractivity (Wildman–Crippen MR) is 121 cm³/mol. The highest BCUT2D eigenvalue weighted by Gasteiger charge is 2.80. The Hall–Kier alpha value is 0.174. The molecule has 0 heterocycles. The lowest BCUT2D eigenvalue weighted by atomic mass is 9.70. The lowest BCUT2D eigenvalue weighted by Crippen LogP contribution is -2.36. The highest BCUT2D eigenvalue weighted by atomic mass is 28.3. The molecule has 0 aromatic carbocycles. The zero-order chi connectivity index (χ0) is 18.8. The summed E-state index contributed by atoms with van der Waals surface area (Å²) in [5.74, 6) is 1.10. The van der Waals surface area contributed by atoms with Crippen LogP contribution < -0.4 is 0 Å². The minimum Gasteiger partial charge on any atom is -0.0705 e. The molecule has 4 atom stereocenters. The molecule has 0 spiro atoms. The van der Waals surface area contributed by atoms with E-state index < -0.39 is 16.1 Å². The maximum absolute atomic E-state index is 2.71. The summed E-state index contributed by atoms with van der Waals surface area (Å²) in [5.41, 5.74) is 4.56. The van der Waals surface area contributed by atoms with Crippen LogP contribution in [0.3, 0.4) is 0 Å². The molecule has 0 radical (unpaired) electrons. The van der Waals surface area contributed by atoms with Gasteiger partial charge in [0.25, 0.3) is 0 Å². The number of hydrogen-bond donors (Lipinski definition) is 0. The van der Waals surface area contributed by atoms with Crippen molar-refractivity contribution in [2.45, 2.75) is 122 Å². The Morgan fingerprint density at radius 2 is 1.35 bits per heavy atom. The molecule has 148 valence electrons. The predicted octanol–water partition coefficient (Wildman–Crippen LogP) is 8.19. The Morgan fingerprint density at radius 3 is 2.00 bits per heavy atom. The van der Waals surface area contributed by atoms with Crippen molar-refractivity contribution in [3.05, 3.63) is 10.8 Å². The number of hydrogen-bond acceptors (Lipinski definition) is 0. The van der Waals surface area contributed by atoms with Crippen molar-refractivity contribution in [3.63, 3.8) is 0 Å². The normalized spacial score (nSPS) is 41.3. The Kier molecular flexibility index (Phi) is 4.75. The van der Waals surface area contributed by atoms with Gasteiger partial charge in [-0.3, -0.25) is 0 Å². The topological polar surface area (TPSA) is 0 Å². The van der Waals surface area contributed by atoms with Gasteiger partial charge in [-0.15, -0.1) is 0 Å². The van der Waals surface area contributed by atoms with E-state index in [1.807, 2.05) is 0 Å². The SMILES string of the molecule is C[Si](C)(C)C1=C2CCCCCCC21C12CCCCCCC1C2[Si](C)(C)C. The van der Waals surface area contributed by atoms with Crippen LogP contribution in [0.2, 0.25) is 44.8 Å². The van der Waals surface area contributed by atoms with Gasteiger partial charge in [0.05, 0.1) is 8.07 Å². The maximum Gasteiger partial charge on any atom is 0.0736 e. The van der Waals surface area contributed by atoms with Crippen LogP contribution in [0.15, 0.2) is 10.8 Å². The summed E-state index contributed by atoms with van der Waals surface area (Å²) in [6.45, 7) is 16.1. The van der Waals surface area contributed by atoms with Crippen molar-refractivity contribution in [1.82, 2.24) is 0 Å². The molecular weight excluding hydrogens is 344 g/mol. The molecule has 4 aliphatic rings. The van der Waals surface area contributed by atoms with E-state index in [9.17, 15) is 0 Å². The third kappa shape index (κ3) is 2.71. The fraction of sp³-hybridized carbons (Fsp3) is 0.917. The molecule has 3 saturated carbocycles. The van der Waals surface area contributed by atoms with Gasteiger partial charge >= 0.3 is 0 Å². The average Bonchev–Trinajstić information content (AvgIpc) is 3.30. The fourth-order valence-corrected chi connectivity index (χ4v) is 15.2. The molecular formula is C24H44Si2. The monoisotopic (exact) mass is 388 g/mol. The highest BCUT2D eigenvalue weighted by Crippen LogP contribution is 2.88. The van der Waals surface area contributed by atoms with Crippen LogP contribution >= 0.6 is 0 Å². The molecule has 0 bridgehead atoms. The first-order valence-corrected chi connectivity index (χ1v) is 19.0. The van der Waals surface area contributed by atoms with Crippen LogP contribution in [0.1, 0.15) is 77.0 Å². The Bertz CT molecular complexity index is 584. The van der Waals surface area contributed by atoms with E-state index in [4.69, 9.17) is 0 Å². The maximum atomic E-state index is 2.71. The smallest absolute Gasteiger partial charge is 0.0705 e. The third-order valence-electron chi connectivity index (χ3n) is 8.75. The molecule has 4 aliphatic carbocycles. The van der Waals surface area contributed by atoms with E-state index in [1.165, 1.54) is 57.8 Å². The minimum absolute atomic E-state index is 0.644. The van der Waals surface area contributed by atoms with E-state index in [1.54, 1.807) is 19.3 Å². The number of fused-ring (bicyclic) bond motifs is 3. The number of allylic oxidation sites excluding steroid dienone is 2. The molecule has 0 nitrogen and oxygen atoms in total. The number of rotatable bonds is 3. The van der Waals surface area contributed by atoms with Gasteiger partial charge in [-0.05, 0) is 49.0 Å². The molecule has 0 aromatic heterocycles. The quantitative estimate of drug-likeness (QED) is 0.427. The van der Waals surface area contributed by atoms with Gasteiger partial charge in [0.2, 0.25) is 0 Å². The summed E-state index contributed by atoms with van der Waals surface area (Å²) in [4.78, 5) is 0. The first-order chi connectivity index (χ1) is 12.2. The van der Waals surface area contributed by atoms with Crippen LogP contribution in [0, 0.1) is 16.7 Å². The van der Waals surface area contributed by atoms with E-state index >= 15 is 0 Å². The molecule has 4 rings (SSSR count). The molecule has 2 heteroatoms. The summed E-state index contributed by atoms with van der Waals surface area (Å²) in [6, 6.07) is 0. The summed E-state index contributed by atoms with van der Waals surface area (Å²) in [7, 11) is -2.30. The summed E-state index contributed by atoms with van der Waals surface area (Å²) < 4.78 is 0. The van der Waals surface area contributed by atoms with Crippen LogP contribution in [0.25, 0.3) is 0 Å². The standard InChI is InChI=1S/C24H44Si2/c1-25(2,3)21-19-15-11-7-9-13-17-23(19,21)24-18-14-10-8-12-16-20(24)22(24)26(4,5)6/h19,21H,7-18H2,1-6H3. The van der Waals surface area contributed by atoms with Crippen LogP contribution in [-0.4, -0.2) is 16.1 Å². The van der Waals surface area contributed by atoms with Gasteiger partial charge in [0, 0.05) is 13.5 Å². The Labute approximate surface area is 165 Å². The van der Waals surface area contributed by atoms with Gasteiger partial charge in [0.15, 0.2) is 0 Å². The summed E-state index contributed by atoms with van der Waals surface area (Å²) in [6.07, 6.45) is 18.3. The lowest BCUT2D eigenvalue weighted by molar-refractivity contribution is 0.203. The molecule has 4 unspecified atom stereocenters. The minimum atomic E-state index is -1.20. The zero-order valence-corrected chi connectivity index (χ0v) is 20.6. The zero-order valence-electron chi connectivity index (χ0n) is 18.6. The molecule has 0 aromatic rings. The molecule has 26 heavy (non-hydrogen) atoms. The average molecular weight is 389 g/mol. The van der Waals surface area contributed by atoms with Crippen molar-refractivity contribution in [1.29, 1.82) is 0 Å². The van der Waals surface area contributed by atoms with Crippen molar-refractivity contribution in [2.24, 2.45) is 16.7 Å². The van der Waals surface area contributed by atoms with Crippen LogP contribution in [0.4, 0.5) is 0 Å². The molecule has 3 fully saturated rings. The highest BCUT2D eigenvalue weighted by molar-refractivity contribution is 6.85. The van der Waals surface area contributed by atoms with Gasteiger partial charge in [-0.25, -0.2) is 0 Å². The van der Waals surface area contributed by atoms with Crippen molar-refractivity contribution >= 4 is 16.1 Å². The Morgan fingerprint density at radius 1 is 0.731 bits per heavy atom. The van der Waals surface area contributed by atoms with Gasteiger partial charge in [-0.2, -0.15) is 0 Å². The van der Waals surface area contributed by atoms with Crippen molar-refractivity contribution < 1.29 is 0 Å². The van der Waals surface area contributed by atoms with E-state index in [2.05, 4.69) is 50.1 Å². The van der Waals surface area contributed by atoms with Crippen molar-refractivity contribution in [3.8, 4) is 0 Å². The summed E-state index contributed by atoms with van der Waals surface area (Å²) in [5, 5.41) is 2.11. The van der Waals surface area contributed by atoms with E-state index in [0.29, 0.717) is 5.41 Å². The molecule has 0 amide bonds. The first-order valence-electron chi connectivity index (χ1n) is 11.9. The third-order valence-corrected chi connectivity index (χ3v) is 13.8. The van der Waals surface area contributed by atoms with Crippen LogP contribution in [-0.2, 0) is 0 Å². The van der Waals surface area contributed by atoms with Crippen LogP contribution in [0.5, 0.6) is 0 Å². The molecule has 0 saturated heterocycles. The summed E-state index contributed by atoms with van der Waals surface area (Å²) >= 11 is 0. The van der Waals surface area contributed by atoms with Gasteiger partial charge in [0.1, 0.15) is 0 Å². The Balaban J connectivity index is 1.78. The second-order valence-corrected chi connectivity index (χ2v) is 22.7. The van der Waals surface area contributed by atoms with E-state index in [-0.39, 0.29) is 0 Å². The first kappa shape index (κ1) is 19.5. The van der Waals surface area contributed by atoms with E-state index in [0.717, 1.165) is 16.9 Å². The molecule has 0 N–H and O–H groups in total.